The number of furan rings is 1. The van der Waals surface area contributed by atoms with Crippen LogP contribution < -0.4 is 0 Å². The van der Waals surface area contributed by atoms with Gasteiger partial charge < -0.3 is 9.40 Å². The third kappa shape index (κ3) is 1.78. The number of aromatic nitrogens is 2. The van der Waals surface area contributed by atoms with Gasteiger partial charge in [0.1, 0.15) is 5.82 Å². The van der Waals surface area contributed by atoms with E-state index < -0.39 is 0 Å². The van der Waals surface area contributed by atoms with Crippen molar-refractivity contribution in [2.24, 2.45) is 0 Å². The van der Waals surface area contributed by atoms with Crippen molar-refractivity contribution in [3.63, 3.8) is 0 Å². The normalized spacial score (nSPS) is 11.2. The zero-order chi connectivity index (χ0) is 11.8. The van der Waals surface area contributed by atoms with Crippen molar-refractivity contribution < 1.29 is 4.42 Å². The van der Waals surface area contributed by atoms with Crippen LogP contribution in [0.4, 0.5) is 0 Å². The molecule has 3 nitrogen and oxygen atoms in total. The second kappa shape index (κ2) is 4.04. The molecule has 4 heteroatoms. The van der Waals surface area contributed by atoms with Gasteiger partial charge in [-0.3, -0.25) is 0 Å². The Morgan fingerprint density at radius 2 is 2.24 bits per heavy atom. The summed E-state index contributed by atoms with van der Waals surface area (Å²) in [5.41, 5.74) is 4.29. The van der Waals surface area contributed by atoms with Crippen LogP contribution in [0.3, 0.4) is 0 Å². The summed E-state index contributed by atoms with van der Waals surface area (Å²) in [6, 6.07) is 8.18. The van der Waals surface area contributed by atoms with E-state index in [0.29, 0.717) is 4.67 Å². The summed E-state index contributed by atoms with van der Waals surface area (Å²) in [5, 5.41) is 0. The highest BCUT2D eigenvalue weighted by Gasteiger charge is 2.10. The molecule has 86 valence electrons. The van der Waals surface area contributed by atoms with Gasteiger partial charge in [-0.15, -0.1) is 0 Å². The van der Waals surface area contributed by atoms with Gasteiger partial charge in [0, 0.05) is 0 Å². The van der Waals surface area contributed by atoms with Gasteiger partial charge in [0.25, 0.3) is 0 Å². The minimum atomic E-state index is 0.701. The van der Waals surface area contributed by atoms with Gasteiger partial charge in [-0.25, -0.2) is 4.98 Å². The van der Waals surface area contributed by atoms with Crippen LogP contribution in [-0.2, 0) is 6.42 Å². The number of aryl methyl sites for hydroxylation is 1. The first-order valence-corrected chi connectivity index (χ1v) is 6.29. The van der Waals surface area contributed by atoms with E-state index in [2.05, 4.69) is 45.0 Å². The molecule has 2 heterocycles. The number of H-pyrrole nitrogens is 1. The molecule has 0 aliphatic heterocycles. The van der Waals surface area contributed by atoms with E-state index >= 15 is 0 Å². The van der Waals surface area contributed by atoms with Gasteiger partial charge >= 0.3 is 0 Å². The van der Waals surface area contributed by atoms with Crippen LogP contribution in [0.5, 0.6) is 0 Å². The Morgan fingerprint density at radius 3 is 2.94 bits per heavy atom. The summed E-state index contributed by atoms with van der Waals surface area (Å²) < 4.78 is 5.92. The number of hydrogen-bond acceptors (Lipinski definition) is 2. The SMILES string of the molecule is CCc1ccc2nc(-c3ccoc3Br)[nH]c2c1. The molecule has 0 unspecified atom stereocenters. The monoisotopic (exact) mass is 290 g/mol. The molecule has 1 aromatic carbocycles. The topological polar surface area (TPSA) is 41.8 Å². The van der Waals surface area contributed by atoms with Crippen LogP contribution in [0.25, 0.3) is 22.4 Å². The number of benzene rings is 1. The molecule has 0 fully saturated rings. The molecule has 1 N–H and O–H groups in total. The third-order valence-corrected chi connectivity index (χ3v) is 3.44. The van der Waals surface area contributed by atoms with Gasteiger partial charge in [-0.1, -0.05) is 13.0 Å². The second-order valence-corrected chi connectivity index (χ2v) is 4.62. The zero-order valence-corrected chi connectivity index (χ0v) is 10.9. The average Bonchev–Trinajstić information content (AvgIpc) is 2.93. The molecule has 2 aromatic heterocycles. The van der Waals surface area contributed by atoms with Crippen LogP contribution in [0.1, 0.15) is 12.5 Å². The van der Waals surface area contributed by atoms with Gasteiger partial charge in [-0.2, -0.15) is 0 Å². The lowest BCUT2D eigenvalue weighted by molar-refractivity contribution is 0.542. The fourth-order valence-electron chi connectivity index (χ4n) is 1.87. The maximum absolute atomic E-state index is 5.22. The molecule has 0 spiro atoms. The van der Waals surface area contributed by atoms with E-state index in [9.17, 15) is 0 Å². The van der Waals surface area contributed by atoms with Gasteiger partial charge in [0.05, 0.1) is 22.9 Å². The molecule has 0 aliphatic rings. The zero-order valence-electron chi connectivity index (χ0n) is 9.33. The minimum Gasteiger partial charge on any atom is -0.457 e. The van der Waals surface area contributed by atoms with Crippen molar-refractivity contribution in [3.05, 3.63) is 40.8 Å². The largest absolute Gasteiger partial charge is 0.457 e. The molecular weight excluding hydrogens is 280 g/mol. The molecule has 0 saturated carbocycles. The predicted octanol–water partition coefficient (Wildman–Crippen LogP) is 4.15. The highest BCUT2D eigenvalue weighted by molar-refractivity contribution is 9.10. The van der Waals surface area contributed by atoms with Crippen molar-refractivity contribution in [2.75, 3.05) is 0 Å². The number of nitrogens with zero attached hydrogens (tertiary/aromatic N) is 1. The number of imidazole rings is 1. The number of fused-ring (bicyclic) bond motifs is 1. The molecule has 0 atom stereocenters. The number of hydrogen-bond donors (Lipinski definition) is 1. The number of halogens is 1. The maximum Gasteiger partial charge on any atom is 0.179 e. The maximum atomic E-state index is 5.22. The fraction of sp³-hybridized carbons (Fsp3) is 0.154. The summed E-state index contributed by atoms with van der Waals surface area (Å²) in [6.45, 7) is 2.14. The molecule has 17 heavy (non-hydrogen) atoms. The number of nitrogens with one attached hydrogen (secondary N) is 1. The summed E-state index contributed by atoms with van der Waals surface area (Å²) in [4.78, 5) is 7.86. The van der Waals surface area contributed by atoms with Crippen molar-refractivity contribution in [2.45, 2.75) is 13.3 Å². The third-order valence-electron chi connectivity index (χ3n) is 2.83. The standard InChI is InChI=1S/C13H11BrN2O/c1-2-8-3-4-10-11(7-8)16-13(15-10)9-5-6-17-12(9)14/h3-7H,2H2,1H3,(H,15,16). The lowest BCUT2D eigenvalue weighted by Gasteiger charge is -1.93. The van der Waals surface area contributed by atoms with E-state index in [1.807, 2.05) is 12.1 Å². The smallest absolute Gasteiger partial charge is 0.179 e. The Kier molecular flexibility index (Phi) is 2.52. The Labute approximate surface area is 107 Å². The number of rotatable bonds is 2. The summed E-state index contributed by atoms with van der Waals surface area (Å²) in [6.07, 6.45) is 2.67. The van der Waals surface area contributed by atoms with Crippen LogP contribution >= 0.6 is 15.9 Å². The Hall–Kier alpha value is -1.55. The van der Waals surface area contributed by atoms with Crippen LogP contribution in [-0.4, -0.2) is 9.97 Å². The summed E-state index contributed by atoms with van der Waals surface area (Å²) in [7, 11) is 0. The highest BCUT2D eigenvalue weighted by atomic mass is 79.9. The lowest BCUT2D eigenvalue weighted by Crippen LogP contribution is -1.78. The van der Waals surface area contributed by atoms with E-state index in [4.69, 9.17) is 4.42 Å². The Bertz CT molecular complexity index is 669. The Balaban J connectivity index is 2.17. The average molecular weight is 291 g/mol. The van der Waals surface area contributed by atoms with Crippen molar-refractivity contribution in [1.29, 1.82) is 0 Å². The van der Waals surface area contributed by atoms with Crippen molar-refractivity contribution in [3.8, 4) is 11.4 Å². The van der Waals surface area contributed by atoms with Crippen molar-refractivity contribution in [1.82, 2.24) is 9.97 Å². The lowest BCUT2D eigenvalue weighted by atomic mass is 10.1. The van der Waals surface area contributed by atoms with Gasteiger partial charge in [0.2, 0.25) is 0 Å². The van der Waals surface area contributed by atoms with E-state index in [1.165, 1.54) is 5.56 Å². The van der Waals surface area contributed by atoms with Gasteiger partial charge in [-0.05, 0) is 46.1 Å². The molecule has 3 rings (SSSR count). The quantitative estimate of drug-likeness (QED) is 0.770. The van der Waals surface area contributed by atoms with Crippen LogP contribution in [0.15, 0.2) is 39.6 Å². The first kappa shape index (κ1) is 10.6. The first-order valence-electron chi connectivity index (χ1n) is 5.50. The molecule has 3 aromatic rings. The first-order chi connectivity index (χ1) is 8.28. The summed E-state index contributed by atoms with van der Waals surface area (Å²) >= 11 is 3.36. The van der Waals surface area contributed by atoms with E-state index in [0.717, 1.165) is 28.8 Å². The molecule has 0 amide bonds. The van der Waals surface area contributed by atoms with Crippen molar-refractivity contribution >= 4 is 27.0 Å². The van der Waals surface area contributed by atoms with E-state index in [1.54, 1.807) is 6.26 Å². The molecule has 0 saturated heterocycles. The Morgan fingerprint density at radius 1 is 1.35 bits per heavy atom. The molecule has 0 bridgehead atoms. The highest BCUT2D eigenvalue weighted by Crippen LogP contribution is 2.28. The van der Waals surface area contributed by atoms with E-state index in [-0.39, 0.29) is 0 Å². The minimum absolute atomic E-state index is 0.701. The number of aromatic amines is 1. The molecule has 0 aliphatic carbocycles. The van der Waals surface area contributed by atoms with Crippen LogP contribution in [0.2, 0.25) is 0 Å². The van der Waals surface area contributed by atoms with Gasteiger partial charge in [0.15, 0.2) is 4.67 Å². The second-order valence-electron chi connectivity index (χ2n) is 3.90. The predicted molar refractivity (Wildman–Crippen MR) is 70.9 cm³/mol. The molecular formula is C13H11BrN2O. The van der Waals surface area contributed by atoms with Crippen LogP contribution in [0, 0.1) is 0 Å². The molecule has 0 radical (unpaired) electrons. The summed E-state index contributed by atoms with van der Waals surface area (Å²) in [5.74, 6) is 0.828. The fourth-order valence-corrected chi connectivity index (χ4v) is 2.29.